The molecule has 0 aliphatic rings. The van der Waals surface area contributed by atoms with E-state index in [0.29, 0.717) is 5.56 Å². The van der Waals surface area contributed by atoms with Crippen LogP contribution in [0.25, 0.3) is 0 Å². The van der Waals surface area contributed by atoms with Gasteiger partial charge >= 0.3 is 31.0 Å². The van der Waals surface area contributed by atoms with E-state index in [1.807, 2.05) is 0 Å². The van der Waals surface area contributed by atoms with Crippen molar-refractivity contribution in [1.29, 1.82) is 0 Å². The molecule has 1 aromatic carbocycles. The Morgan fingerprint density at radius 3 is 2.25 bits per heavy atom. The van der Waals surface area contributed by atoms with Crippen LogP contribution in [-0.2, 0) is 4.57 Å². The summed E-state index contributed by atoms with van der Waals surface area (Å²) in [5.74, 6) is -1.22. The Bertz CT molecular complexity index is 257. The maximum atomic E-state index is 10.4. The molecule has 0 fully saturated rings. The fraction of sp³-hybridized carbons (Fsp3) is 0.143. The van der Waals surface area contributed by atoms with Gasteiger partial charge in [0.15, 0.2) is 5.85 Å². The number of rotatable bonds is 2. The number of aliphatic hydroxyl groups excluding tert-OH is 1. The summed E-state index contributed by atoms with van der Waals surface area (Å²) in [6.07, 6.45) is 0. The number of benzene rings is 1. The molecule has 1 rings (SSSR count). The van der Waals surface area contributed by atoms with Crippen LogP contribution in [-0.4, -0.2) is 10.00 Å². The second kappa shape index (κ2) is 5.92. The molecule has 1 aromatic rings. The second-order valence-corrected chi connectivity index (χ2v) is 3.37. The molecule has 0 heterocycles. The van der Waals surface area contributed by atoms with Crippen LogP contribution in [0.15, 0.2) is 30.3 Å². The van der Waals surface area contributed by atoms with Crippen LogP contribution in [0.2, 0.25) is 0 Å². The Labute approximate surface area is 95.1 Å². The molecular formula is C7H10NaO3P+2. The van der Waals surface area contributed by atoms with Gasteiger partial charge in [-0.2, -0.15) is 0 Å². The maximum Gasteiger partial charge on any atom is 1.00 e. The third kappa shape index (κ3) is 3.40. The summed E-state index contributed by atoms with van der Waals surface area (Å²) in [5, 5.41) is 9.08. The van der Waals surface area contributed by atoms with E-state index in [4.69, 9.17) is 10.00 Å². The molecule has 0 aliphatic carbocycles. The predicted octanol–water partition coefficient (Wildman–Crippen LogP) is -1.74. The molecule has 60 valence electrons. The zero-order chi connectivity index (χ0) is 8.27. The standard InChI is InChI=1S/C7H9O3P.Na/c8-7(11(9)10)6-4-2-1-3-5-6;/h1-5,7-8,11H,(H,9,10);/q;+1/p+1. The fourth-order valence-electron chi connectivity index (χ4n) is 0.778. The third-order valence-corrected chi connectivity index (χ3v) is 2.15. The quantitative estimate of drug-likeness (QED) is 0.436. The van der Waals surface area contributed by atoms with E-state index >= 15 is 0 Å². The molecule has 2 atom stereocenters. The van der Waals surface area contributed by atoms with E-state index in [1.54, 1.807) is 30.3 Å². The van der Waals surface area contributed by atoms with Gasteiger partial charge in [-0.1, -0.05) is 30.3 Å². The first-order chi connectivity index (χ1) is 5.22. The number of aliphatic hydroxyl groups is 1. The average molecular weight is 196 g/mol. The molecular weight excluding hydrogens is 186 g/mol. The Morgan fingerprint density at radius 1 is 1.33 bits per heavy atom. The van der Waals surface area contributed by atoms with E-state index in [0.717, 1.165) is 0 Å². The minimum absolute atomic E-state index is 0. The van der Waals surface area contributed by atoms with Gasteiger partial charge < -0.3 is 10.00 Å². The van der Waals surface area contributed by atoms with E-state index in [2.05, 4.69) is 0 Å². The Hall–Kier alpha value is 0.370. The largest absolute Gasteiger partial charge is 1.00 e. The summed E-state index contributed by atoms with van der Waals surface area (Å²) in [6.45, 7) is 0. The minimum atomic E-state index is -2.86. The van der Waals surface area contributed by atoms with Crippen LogP contribution in [0.5, 0.6) is 0 Å². The van der Waals surface area contributed by atoms with Crippen LogP contribution in [0.1, 0.15) is 12.8 Å². The van der Waals surface area contributed by atoms with Gasteiger partial charge in [0, 0.05) is 0 Å². The number of hydrogen-bond acceptors (Lipinski definition) is 2. The molecule has 2 unspecified atom stereocenters. The molecule has 0 spiro atoms. The molecule has 0 amide bonds. The van der Waals surface area contributed by atoms with Gasteiger partial charge in [0.25, 0.3) is 0 Å². The Morgan fingerprint density at radius 2 is 1.83 bits per heavy atom. The molecule has 2 N–H and O–H groups in total. The molecule has 3 nitrogen and oxygen atoms in total. The van der Waals surface area contributed by atoms with E-state index < -0.39 is 13.9 Å². The average Bonchev–Trinajstić information content (AvgIpc) is 2.05. The van der Waals surface area contributed by atoms with Gasteiger partial charge in [0.1, 0.15) is 0 Å². The summed E-state index contributed by atoms with van der Waals surface area (Å²) < 4.78 is 10.4. The van der Waals surface area contributed by atoms with Crippen LogP contribution in [0, 0.1) is 0 Å². The van der Waals surface area contributed by atoms with E-state index in [9.17, 15) is 4.57 Å². The summed E-state index contributed by atoms with van der Waals surface area (Å²) in [6, 6.07) is 8.43. The van der Waals surface area contributed by atoms with Gasteiger partial charge in [0.05, 0.1) is 0 Å². The predicted molar refractivity (Wildman–Crippen MR) is 43.7 cm³/mol. The van der Waals surface area contributed by atoms with Gasteiger partial charge in [-0.25, -0.2) is 0 Å². The summed E-state index contributed by atoms with van der Waals surface area (Å²) in [7, 11) is -2.86. The Balaban J connectivity index is 0. The molecule has 0 saturated heterocycles. The van der Waals surface area contributed by atoms with Crippen LogP contribution < -0.4 is 29.6 Å². The zero-order valence-corrected chi connectivity index (χ0v) is 9.77. The first kappa shape index (κ1) is 12.4. The topological polar surface area (TPSA) is 57.5 Å². The summed E-state index contributed by atoms with van der Waals surface area (Å²) in [5.41, 5.74) is 0.485. The van der Waals surface area contributed by atoms with Crippen molar-refractivity contribution in [3.05, 3.63) is 35.9 Å². The third-order valence-electron chi connectivity index (χ3n) is 1.35. The molecule has 5 heteroatoms. The van der Waals surface area contributed by atoms with Crippen molar-refractivity contribution in [3.8, 4) is 0 Å². The summed E-state index contributed by atoms with van der Waals surface area (Å²) in [4.78, 5) is 8.57. The van der Waals surface area contributed by atoms with Crippen molar-refractivity contribution in [2.24, 2.45) is 0 Å². The molecule has 0 aromatic heterocycles. The Kier molecular flexibility index (Phi) is 6.10. The van der Waals surface area contributed by atoms with Crippen molar-refractivity contribution in [2.75, 3.05) is 0 Å². The SMILES string of the molecule is O=[PH](O)C(O)c1ccccc1.[H+].[Na+]. The number of hydrogen-bond donors (Lipinski definition) is 2. The molecule has 0 radical (unpaired) electrons. The van der Waals surface area contributed by atoms with Gasteiger partial charge in [-0.15, -0.1) is 0 Å². The molecule has 0 aliphatic heterocycles. The molecule has 12 heavy (non-hydrogen) atoms. The van der Waals surface area contributed by atoms with Gasteiger partial charge in [-0.05, 0) is 5.56 Å². The van der Waals surface area contributed by atoms with Crippen molar-refractivity contribution < 1.29 is 45.5 Å². The molecule has 0 saturated carbocycles. The first-order valence-corrected chi connectivity index (χ1v) is 4.61. The van der Waals surface area contributed by atoms with Crippen molar-refractivity contribution >= 4 is 8.03 Å². The first-order valence-electron chi connectivity index (χ1n) is 3.17. The molecule has 0 bridgehead atoms. The van der Waals surface area contributed by atoms with Gasteiger partial charge in [-0.3, -0.25) is 4.57 Å². The van der Waals surface area contributed by atoms with Crippen LogP contribution in [0.3, 0.4) is 0 Å². The monoisotopic (exact) mass is 196 g/mol. The van der Waals surface area contributed by atoms with Gasteiger partial charge in [0.2, 0.25) is 8.03 Å². The zero-order valence-electron chi connectivity index (χ0n) is 7.77. The normalized spacial score (nSPS) is 14.5. The van der Waals surface area contributed by atoms with E-state index in [-0.39, 0.29) is 31.0 Å². The smallest absolute Gasteiger partial charge is 0.378 e. The van der Waals surface area contributed by atoms with Crippen molar-refractivity contribution in [2.45, 2.75) is 5.85 Å². The fourth-order valence-corrected chi connectivity index (χ4v) is 1.26. The van der Waals surface area contributed by atoms with Crippen LogP contribution in [0.4, 0.5) is 0 Å². The van der Waals surface area contributed by atoms with Crippen molar-refractivity contribution in [3.63, 3.8) is 0 Å². The maximum absolute atomic E-state index is 10.4. The summed E-state index contributed by atoms with van der Waals surface area (Å²) >= 11 is 0. The van der Waals surface area contributed by atoms with E-state index in [1.165, 1.54) is 0 Å². The minimum Gasteiger partial charge on any atom is -0.378 e. The van der Waals surface area contributed by atoms with Crippen molar-refractivity contribution in [1.82, 2.24) is 0 Å². The second-order valence-electron chi connectivity index (χ2n) is 2.15. The van der Waals surface area contributed by atoms with Crippen LogP contribution >= 0.6 is 8.03 Å².